The van der Waals surface area contributed by atoms with Crippen LogP contribution in [0.25, 0.3) is 17.1 Å². The molecule has 0 unspecified atom stereocenters. The predicted octanol–water partition coefficient (Wildman–Crippen LogP) is 5.46. The summed E-state index contributed by atoms with van der Waals surface area (Å²) in [6, 6.07) is 20.9. The molecule has 0 N–H and O–H groups in total. The number of ether oxygens (including phenoxy) is 3. The number of benzene rings is 3. The van der Waals surface area contributed by atoms with Crippen LogP contribution in [0.5, 0.6) is 17.2 Å². The predicted molar refractivity (Wildman–Crippen MR) is 132 cm³/mol. The van der Waals surface area contributed by atoms with Crippen molar-refractivity contribution in [1.82, 2.24) is 14.8 Å². The van der Waals surface area contributed by atoms with Gasteiger partial charge in [0, 0.05) is 28.1 Å². The SMILES string of the molecule is COc1ccc(-n2c(SCc3cc(C(C)=O)ccc3OC)nnc2-c2cccc(OC)c2)cc1. The highest BCUT2D eigenvalue weighted by atomic mass is 32.2. The number of thioether (sulfide) groups is 1. The average molecular weight is 476 g/mol. The third-order valence-electron chi connectivity index (χ3n) is 5.34. The van der Waals surface area contributed by atoms with Crippen LogP contribution in [0.2, 0.25) is 0 Å². The van der Waals surface area contributed by atoms with Crippen molar-refractivity contribution in [1.29, 1.82) is 0 Å². The van der Waals surface area contributed by atoms with Gasteiger partial charge >= 0.3 is 0 Å². The molecule has 1 heterocycles. The highest BCUT2D eigenvalue weighted by Crippen LogP contribution is 2.33. The lowest BCUT2D eigenvalue weighted by Gasteiger charge is -2.13. The molecule has 1 aromatic heterocycles. The van der Waals surface area contributed by atoms with Crippen LogP contribution in [0, 0.1) is 0 Å². The molecule has 4 rings (SSSR count). The van der Waals surface area contributed by atoms with Crippen LogP contribution < -0.4 is 14.2 Å². The van der Waals surface area contributed by atoms with Crippen molar-refractivity contribution in [3.05, 3.63) is 77.9 Å². The third-order valence-corrected chi connectivity index (χ3v) is 6.31. The molecule has 0 fully saturated rings. The van der Waals surface area contributed by atoms with Crippen molar-refractivity contribution in [3.8, 4) is 34.3 Å². The monoisotopic (exact) mass is 475 g/mol. The zero-order chi connectivity index (χ0) is 24.1. The molecule has 0 aliphatic heterocycles. The van der Waals surface area contributed by atoms with Gasteiger partial charge < -0.3 is 14.2 Å². The number of hydrogen-bond donors (Lipinski definition) is 0. The lowest BCUT2D eigenvalue weighted by atomic mass is 10.1. The van der Waals surface area contributed by atoms with E-state index in [0.29, 0.717) is 22.3 Å². The molecule has 0 saturated heterocycles. The first-order chi connectivity index (χ1) is 16.5. The topological polar surface area (TPSA) is 75.5 Å². The number of hydrogen-bond acceptors (Lipinski definition) is 7. The summed E-state index contributed by atoms with van der Waals surface area (Å²) in [4.78, 5) is 11.9. The summed E-state index contributed by atoms with van der Waals surface area (Å²) < 4.78 is 18.2. The molecule has 174 valence electrons. The van der Waals surface area contributed by atoms with E-state index in [-0.39, 0.29) is 5.78 Å². The molecule has 34 heavy (non-hydrogen) atoms. The van der Waals surface area contributed by atoms with Crippen molar-refractivity contribution in [3.63, 3.8) is 0 Å². The van der Waals surface area contributed by atoms with Gasteiger partial charge in [-0.15, -0.1) is 10.2 Å². The Bertz CT molecular complexity index is 1300. The largest absolute Gasteiger partial charge is 0.497 e. The van der Waals surface area contributed by atoms with E-state index in [1.807, 2.05) is 65.2 Å². The van der Waals surface area contributed by atoms with Crippen molar-refractivity contribution in [2.24, 2.45) is 0 Å². The molecular formula is C26H25N3O4S. The molecule has 0 aliphatic carbocycles. The van der Waals surface area contributed by atoms with Gasteiger partial charge in [-0.25, -0.2) is 0 Å². The number of ketones is 1. The van der Waals surface area contributed by atoms with Gasteiger partial charge in [0.05, 0.1) is 21.3 Å². The van der Waals surface area contributed by atoms with Crippen LogP contribution in [0.4, 0.5) is 0 Å². The quantitative estimate of drug-likeness (QED) is 0.235. The van der Waals surface area contributed by atoms with Crippen LogP contribution in [0.15, 0.2) is 71.9 Å². The maximum atomic E-state index is 11.9. The summed E-state index contributed by atoms with van der Waals surface area (Å²) in [7, 11) is 4.90. The maximum Gasteiger partial charge on any atom is 0.196 e. The third kappa shape index (κ3) is 4.92. The number of aromatic nitrogens is 3. The Kier molecular flexibility index (Phi) is 7.18. The minimum atomic E-state index is 0.00983. The second kappa shape index (κ2) is 10.4. The van der Waals surface area contributed by atoms with Gasteiger partial charge in [0.1, 0.15) is 17.2 Å². The fourth-order valence-electron chi connectivity index (χ4n) is 3.53. The second-order valence-corrected chi connectivity index (χ2v) is 8.39. The number of Topliss-reactive ketones (excluding diaryl/α,β-unsaturated/α-hetero) is 1. The Hall–Kier alpha value is -3.78. The summed E-state index contributed by atoms with van der Waals surface area (Å²) in [5.74, 6) is 3.48. The van der Waals surface area contributed by atoms with E-state index in [1.54, 1.807) is 34.3 Å². The van der Waals surface area contributed by atoms with E-state index < -0.39 is 0 Å². The summed E-state index contributed by atoms with van der Waals surface area (Å²) >= 11 is 1.52. The van der Waals surface area contributed by atoms with Crippen LogP contribution in [-0.2, 0) is 5.75 Å². The highest BCUT2D eigenvalue weighted by Gasteiger charge is 2.18. The fraction of sp³-hybridized carbons (Fsp3) is 0.192. The number of rotatable bonds is 9. The number of carbonyl (C=O) groups is 1. The molecule has 4 aromatic rings. The van der Waals surface area contributed by atoms with Gasteiger partial charge in [0.15, 0.2) is 16.8 Å². The zero-order valence-corrected chi connectivity index (χ0v) is 20.3. The molecular weight excluding hydrogens is 450 g/mol. The van der Waals surface area contributed by atoms with Crippen LogP contribution in [0.1, 0.15) is 22.8 Å². The van der Waals surface area contributed by atoms with Gasteiger partial charge in [-0.3, -0.25) is 9.36 Å². The molecule has 0 aliphatic rings. The molecule has 0 bridgehead atoms. The van der Waals surface area contributed by atoms with Crippen molar-refractivity contribution < 1.29 is 19.0 Å². The highest BCUT2D eigenvalue weighted by molar-refractivity contribution is 7.98. The fourth-order valence-corrected chi connectivity index (χ4v) is 4.46. The molecule has 0 radical (unpaired) electrons. The molecule has 7 nitrogen and oxygen atoms in total. The number of carbonyl (C=O) groups excluding carboxylic acids is 1. The Morgan fingerprint density at radius 2 is 1.65 bits per heavy atom. The Labute approximate surface area is 202 Å². The average Bonchev–Trinajstić information content (AvgIpc) is 3.31. The number of nitrogens with zero attached hydrogens (tertiary/aromatic N) is 3. The van der Waals surface area contributed by atoms with E-state index in [9.17, 15) is 4.79 Å². The normalized spacial score (nSPS) is 10.7. The molecule has 3 aromatic carbocycles. The minimum Gasteiger partial charge on any atom is -0.497 e. The molecule has 0 spiro atoms. The summed E-state index contributed by atoms with van der Waals surface area (Å²) in [6.07, 6.45) is 0. The molecule has 8 heteroatoms. The molecule has 0 saturated carbocycles. The van der Waals surface area contributed by atoms with Crippen LogP contribution in [0.3, 0.4) is 0 Å². The van der Waals surface area contributed by atoms with Crippen molar-refractivity contribution in [2.45, 2.75) is 17.8 Å². The first-order valence-electron chi connectivity index (χ1n) is 10.6. The Morgan fingerprint density at radius 3 is 2.32 bits per heavy atom. The van der Waals surface area contributed by atoms with E-state index in [1.165, 1.54) is 11.8 Å². The molecule has 0 amide bonds. The van der Waals surface area contributed by atoms with E-state index in [4.69, 9.17) is 14.2 Å². The van der Waals surface area contributed by atoms with Crippen molar-refractivity contribution in [2.75, 3.05) is 21.3 Å². The lowest BCUT2D eigenvalue weighted by Crippen LogP contribution is -2.01. The molecule has 0 atom stereocenters. The van der Waals surface area contributed by atoms with Gasteiger partial charge in [0.25, 0.3) is 0 Å². The van der Waals surface area contributed by atoms with Gasteiger partial charge in [-0.2, -0.15) is 0 Å². The summed E-state index contributed by atoms with van der Waals surface area (Å²) in [6.45, 7) is 1.56. The van der Waals surface area contributed by atoms with E-state index in [2.05, 4.69) is 10.2 Å². The lowest BCUT2D eigenvalue weighted by molar-refractivity contribution is 0.101. The van der Waals surface area contributed by atoms with Crippen LogP contribution in [-0.4, -0.2) is 41.9 Å². The minimum absolute atomic E-state index is 0.00983. The van der Waals surface area contributed by atoms with E-state index in [0.717, 1.165) is 34.1 Å². The first kappa shape index (κ1) is 23.4. The first-order valence-corrected chi connectivity index (χ1v) is 11.6. The summed E-state index contributed by atoms with van der Waals surface area (Å²) in [5, 5.41) is 9.70. The van der Waals surface area contributed by atoms with Gasteiger partial charge in [-0.1, -0.05) is 23.9 Å². The summed E-state index contributed by atoms with van der Waals surface area (Å²) in [5.41, 5.74) is 3.33. The zero-order valence-electron chi connectivity index (χ0n) is 19.4. The van der Waals surface area contributed by atoms with E-state index >= 15 is 0 Å². The maximum absolute atomic E-state index is 11.9. The van der Waals surface area contributed by atoms with Crippen LogP contribution >= 0.6 is 11.8 Å². The smallest absolute Gasteiger partial charge is 0.196 e. The van der Waals surface area contributed by atoms with Gasteiger partial charge in [0.2, 0.25) is 0 Å². The standard InChI is InChI=1S/C26H25N3O4S/c1-17(30)18-8-13-24(33-4)20(14-18)16-34-26-28-27-25(19-6-5-7-23(15-19)32-3)29(26)21-9-11-22(31-2)12-10-21/h5-15H,16H2,1-4H3. The van der Waals surface area contributed by atoms with Crippen molar-refractivity contribution >= 4 is 17.5 Å². The Morgan fingerprint density at radius 1 is 0.882 bits per heavy atom. The van der Waals surface area contributed by atoms with Gasteiger partial charge in [-0.05, 0) is 61.5 Å². The second-order valence-electron chi connectivity index (χ2n) is 7.44. The Balaban J connectivity index is 1.75. The number of methoxy groups -OCH3 is 3.